The average molecular weight is 286 g/mol. The molecule has 1 aromatic heterocycles. The van der Waals surface area contributed by atoms with Crippen LogP contribution < -0.4 is 15.6 Å². The third-order valence-electron chi connectivity index (χ3n) is 3.02. The van der Waals surface area contributed by atoms with Crippen molar-refractivity contribution in [2.24, 2.45) is 0 Å². The number of carbonyl (C=O) groups excluding carboxylic acids is 1. The topological polar surface area (TPSA) is 71.2 Å². The first-order valence-electron chi connectivity index (χ1n) is 6.73. The zero-order valence-electron chi connectivity index (χ0n) is 12.1. The molecule has 0 aliphatic heterocycles. The second kappa shape index (κ2) is 6.74. The molecular weight excluding hydrogens is 268 g/mol. The van der Waals surface area contributed by atoms with Crippen LogP contribution in [0.2, 0.25) is 0 Å². The third-order valence-corrected chi connectivity index (χ3v) is 3.02. The van der Waals surface area contributed by atoms with Crippen LogP contribution in [0.1, 0.15) is 21.5 Å². The lowest BCUT2D eigenvalue weighted by Crippen LogP contribution is -2.28. The van der Waals surface area contributed by atoms with Crippen LogP contribution in [0.15, 0.2) is 41.3 Å². The summed E-state index contributed by atoms with van der Waals surface area (Å²) in [5.41, 5.74) is 2.44. The summed E-state index contributed by atoms with van der Waals surface area (Å²) in [7, 11) is 0. The lowest BCUT2D eigenvalue weighted by atomic mass is 10.1. The number of ether oxygens (including phenoxy) is 1. The molecule has 0 atom stereocenters. The Balaban J connectivity index is 1.80. The maximum atomic E-state index is 11.8. The molecule has 110 valence electrons. The molecule has 1 aromatic carbocycles. The summed E-state index contributed by atoms with van der Waals surface area (Å²) in [4.78, 5) is 25.2. The number of rotatable bonds is 5. The predicted octanol–water partition coefficient (Wildman–Crippen LogP) is 1.80. The van der Waals surface area contributed by atoms with E-state index in [1.165, 1.54) is 23.9 Å². The fourth-order valence-corrected chi connectivity index (χ4v) is 1.94. The number of hydrogen-bond acceptors (Lipinski definition) is 3. The van der Waals surface area contributed by atoms with Crippen molar-refractivity contribution in [2.45, 2.75) is 13.8 Å². The van der Waals surface area contributed by atoms with Crippen LogP contribution in [0.25, 0.3) is 0 Å². The van der Waals surface area contributed by atoms with E-state index in [1.54, 1.807) is 0 Å². The first-order valence-corrected chi connectivity index (χ1v) is 6.73. The molecule has 1 amide bonds. The van der Waals surface area contributed by atoms with Crippen molar-refractivity contribution in [3.05, 3.63) is 63.6 Å². The lowest BCUT2D eigenvalue weighted by Gasteiger charge is -2.10. The Morgan fingerprint density at radius 2 is 2.05 bits per heavy atom. The largest absolute Gasteiger partial charge is 0.491 e. The van der Waals surface area contributed by atoms with E-state index < -0.39 is 0 Å². The Bertz CT molecular complexity index is 672. The number of carbonyl (C=O) groups is 1. The average Bonchev–Trinajstić information content (AvgIpc) is 2.46. The van der Waals surface area contributed by atoms with E-state index in [0.717, 1.165) is 11.3 Å². The van der Waals surface area contributed by atoms with Crippen molar-refractivity contribution < 1.29 is 9.53 Å². The first-order chi connectivity index (χ1) is 10.1. The molecule has 1 heterocycles. The van der Waals surface area contributed by atoms with E-state index in [9.17, 15) is 9.59 Å². The number of pyridine rings is 1. The minimum Gasteiger partial charge on any atom is -0.491 e. The summed E-state index contributed by atoms with van der Waals surface area (Å²) in [6.07, 6.45) is 1.39. The Kier molecular flexibility index (Phi) is 4.77. The molecule has 0 aliphatic carbocycles. The van der Waals surface area contributed by atoms with Crippen molar-refractivity contribution >= 4 is 5.91 Å². The Hall–Kier alpha value is -2.56. The second-order valence-electron chi connectivity index (χ2n) is 4.81. The highest BCUT2D eigenvalue weighted by Crippen LogP contribution is 2.18. The molecule has 0 saturated heterocycles. The maximum absolute atomic E-state index is 11.8. The molecule has 2 N–H and O–H groups in total. The van der Waals surface area contributed by atoms with Crippen molar-refractivity contribution in [2.75, 3.05) is 13.2 Å². The summed E-state index contributed by atoms with van der Waals surface area (Å²) in [5.74, 6) is 0.578. The van der Waals surface area contributed by atoms with Gasteiger partial charge in [0, 0.05) is 12.3 Å². The molecule has 0 unspecified atom stereocenters. The highest BCUT2D eigenvalue weighted by atomic mass is 16.5. The maximum Gasteiger partial charge on any atom is 0.252 e. The van der Waals surface area contributed by atoms with Crippen LogP contribution in [-0.4, -0.2) is 24.0 Å². The fraction of sp³-hybridized carbons (Fsp3) is 0.250. The molecule has 0 spiro atoms. The van der Waals surface area contributed by atoms with Gasteiger partial charge in [0.2, 0.25) is 5.56 Å². The molecule has 0 aliphatic rings. The molecule has 2 rings (SSSR count). The van der Waals surface area contributed by atoms with E-state index in [4.69, 9.17) is 4.74 Å². The van der Waals surface area contributed by atoms with Crippen molar-refractivity contribution in [3.63, 3.8) is 0 Å². The van der Waals surface area contributed by atoms with Gasteiger partial charge in [-0.15, -0.1) is 0 Å². The zero-order valence-corrected chi connectivity index (χ0v) is 12.1. The molecular formula is C16H18N2O3. The second-order valence-corrected chi connectivity index (χ2v) is 4.81. The molecule has 2 aromatic rings. The van der Waals surface area contributed by atoms with Crippen LogP contribution in [-0.2, 0) is 0 Å². The highest BCUT2D eigenvalue weighted by Gasteiger charge is 2.05. The van der Waals surface area contributed by atoms with Crippen molar-refractivity contribution in [3.8, 4) is 5.75 Å². The van der Waals surface area contributed by atoms with Gasteiger partial charge in [-0.05, 0) is 31.5 Å². The number of nitrogens with one attached hydrogen (secondary N) is 2. The van der Waals surface area contributed by atoms with Crippen molar-refractivity contribution in [1.82, 2.24) is 10.3 Å². The van der Waals surface area contributed by atoms with Gasteiger partial charge in [-0.3, -0.25) is 9.59 Å². The number of hydrogen-bond donors (Lipinski definition) is 2. The number of amides is 1. The smallest absolute Gasteiger partial charge is 0.252 e. The highest BCUT2D eigenvalue weighted by molar-refractivity contribution is 5.93. The van der Waals surface area contributed by atoms with Gasteiger partial charge < -0.3 is 15.0 Å². The first kappa shape index (κ1) is 14.8. The molecule has 0 saturated carbocycles. The van der Waals surface area contributed by atoms with Crippen LogP contribution >= 0.6 is 0 Å². The minimum absolute atomic E-state index is 0.232. The fourth-order valence-electron chi connectivity index (χ4n) is 1.94. The molecule has 21 heavy (non-hydrogen) atoms. The predicted molar refractivity (Wildman–Crippen MR) is 80.8 cm³/mol. The standard InChI is InChI=1S/C16H18N2O3/c1-11-3-5-14(12(2)9-11)21-8-7-17-16(20)13-4-6-15(19)18-10-13/h3-6,9-10H,7-8H2,1-2H3,(H,17,20)(H,18,19). The zero-order chi connectivity index (χ0) is 15.2. The molecule has 5 nitrogen and oxygen atoms in total. The summed E-state index contributed by atoms with van der Waals surface area (Å²) < 4.78 is 5.62. The van der Waals surface area contributed by atoms with Gasteiger partial charge in [0.15, 0.2) is 0 Å². The molecule has 0 radical (unpaired) electrons. The van der Waals surface area contributed by atoms with E-state index in [-0.39, 0.29) is 11.5 Å². The SMILES string of the molecule is Cc1ccc(OCCNC(=O)c2ccc(=O)[nH]c2)c(C)c1. The number of benzene rings is 1. The van der Waals surface area contributed by atoms with Gasteiger partial charge in [0.05, 0.1) is 12.1 Å². The summed E-state index contributed by atoms with van der Waals surface area (Å²) >= 11 is 0. The Morgan fingerprint density at radius 1 is 1.24 bits per heavy atom. The number of aromatic nitrogens is 1. The summed E-state index contributed by atoms with van der Waals surface area (Å²) in [6, 6.07) is 8.77. The summed E-state index contributed by atoms with van der Waals surface area (Å²) in [5, 5.41) is 2.73. The van der Waals surface area contributed by atoms with Gasteiger partial charge >= 0.3 is 0 Å². The number of aryl methyl sites for hydroxylation is 2. The Morgan fingerprint density at radius 3 is 2.71 bits per heavy atom. The molecule has 5 heteroatoms. The molecule has 0 bridgehead atoms. The third kappa shape index (κ3) is 4.21. The van der Waals surface area contributed by atoms with Gasteiger partial charge in [-0.1, -0.05) is 17.7 Å². The van der Waals surface area contributed by atoms with Crippen molar-refractivity contribution in [1.29, 1.82) is 0 Å². The summed E-state index contributed by atoms with van der Waals surface area (Å²) in [6.45, 7) is 4.80. The number of aromatic amines is 1. The van der Waals surface area contributed by atoms with E-state index in [1.807, 2.05) is 32.0 Å². The van der Waals surface area contributed by atoms with E-state index >= 15 is 0 Å². The van der Waals surface area contributed by atoms with Gasteiger partial charge in [0.25, 0.3) is 5.91 Å². The minimum atomic E-state index is -0.240. The number of H-pyrrole nitrogens is 1. The van der Waals surface area contributed by atoms with Crippen LogP contribution in [0.4, 0.5) is 0 Å². The van der Waals surface area contributed by atoms with Gasteiger partial charge in [-0.25, -0.2) is 0 Å². The van der Waals surface area contributed by atoms with Crippen LogP contribution in [0.3, 0.4) is 0 Å². The van der Waals surface area contributed by atoms with Crippen LogP contribution in [0, 0.1) is 13.8 Å². The Labute approximate surface area is 123 Å². The lowest BCUT2D eigenvalue weighted by molar-refractivity contribution is 0.0946. The monoisotopic (exact) mass is 286 g/mol. The van der Waals surface area contributed by atoms with E-state index in [0.29, 0.717) is 18.7 Å². The normalized spacial score (nSPS) is 10.2. The quantitative estimate of drug-likeness (QED) is 0.823. The van der Waals surface area contributed by atoms with Crippen LogP contribution in [0.5, 0.6) is 5.75 Å². The molecule has 0 fully saturated rings. The van der Waals surface area contributed by atoms with Gasteiger partial charge in [0.1, 0.15) is 12.4 Å². The van der Waals surface area contributed by atoms with Gasteiger partial charge in [-0.2, -0.15) is 0 Å². The van der Waals surface area contributed by atoms with E-state index in [2.05, 4.69) is 10.3 Å².